The zero-order valence-electron chi connectivity index (χ0n) is 16.4. The molecule has 0 saturated heterocycles. The fourth-order valence-corrected chi connectivity index (χ4v) is 2.73. The number of amides is 1. The number of aromatic nitrogens is 1. The van der Waals surface area contributed by atoms with Crippen LogP contribution in [0.5, 0.6) is 0 Å². The highest BCUT2D eigenvalue weighted by molar-refractivity contribution is 5.86. The molecule has 1 amide bonds. The molecule has 6 heteroatoms. The van der Waals surface area contributed by atoms with E-state index in [0.29, 0.717) is 5.96 Å². The molecule has 26 heavy (non-hydrogen) atoms. The number of hydrogen-bond donors (Lipinski definition) is 3. The van der Waals surface area contributed by atoms with E-state index in [1.165, 1.54) is 22.0 Å². The Labute approximate surface area is 156 Å². The number of carbonyl (C=O) groups is 1. The van der Waals surface area contributed by atoms with Crippen molar-refractivity contribution in [1.29, 1.82) is 0 Å². The topological polar surface area (TPSA) is 72.5 Å². The molecule has 142 valence electrons. The minimum atomic E-state index is -0.00584. The van der Waals surface area contributed by atoms with Gasteiger partial charge in [0.05, 0.1) is 0 Å². The normalized spacial score (nSPS) is 11.6. The lowest BCUT2D eigenvalue weighted by atomic mass is 10.1. The summed E-state index contributed by atoms with van der Waals surface area (Å²) in [7, 11) is 3.49. The molecule has 1 heterocycles. The largest absolute Gasteiger partial charge is 0.361 e. The number of benzene rings is 1. The first-order chi connectivity index (χ1) is 12.5. The first kappa shape index (κ1) is 19.8. The maximum atomic E-state index is 11.8. The Hall–Kier alpha value is -2.50. The molecule has 0 fully saturated rings. The molecule has 1 aromatic heterocycles. The SMILES string of the molecule is CCCCNC(=NCC(=O)N(C)C)NCCc1c[nH]c2c(C)cccc12. The van der Waals surface area contributed by atoms with Gasteiger partial charge in [-0.3, -0.25) is 4.79 Å². The van der Waals surface area contributed by atoms with E-state index >= 15 is 0 Å². The monoisotopic (exact) mass is 357 g/mol. The first-order valence-electron chi connectivity index (χ1n) is 9.30. The van der Waals surface area contributed by atoms with Crippen molar-refractivity contribution in [2.24, 2.45) is 4.99 Å². The third-order valence-electron chi connectivity index (χ3n) is 4.39. The van der Waals surface area contributed by atoms with Crippen LogP contribution in [0.1, 0.15) is 30.9 Å². The van der Waals surface area contributed by atoms with Gasteiger partial charge in [0.2, 0.25) is 5.91 Å². The maximum absolute atomic E-state index is 11.8. The van der Waals surface area contributed by atoms with Crippen molar-refractivity contribution in [2.45, 2.75) is 33.1 Å². The Balaban J connectivity index is 1.95. The van der Waals surface area contributed by atoms with Crippen LogP contribution in [0.15, 0.2) is 29.4 Å². The molecular formula is C20H31N5O. The molecule has 2 rings (SSSR count). The number of guanidine groups is 1. The lowest BCUT2D eigenvalue weighted by Gasteiger charge is -2.13. The molecule has 0 saturated carbocycles. The quantitative estimate of drug-likeness (QED) is 0.386. The fourth-order valence-electron chi connectivity index (χ4n) is 2.73. The standard InChI is InChI=1S/C20H31N5O/c1-5-6-11-21-20(24-14-18(26)25(3)4)22-12-10-16-13-23-19-15(2)8-7-9-17(16)19/h7-9,13,23H,5-6,10-12,14H2,1-4H3,(H2,21,22,24). The predicted octanol–water partition coefficient (Wildman–Crippen LogP) is 2.44. The molecule has 0 radical (unpaired) electrons. The van der Waals surface area contributed by atoms with Crippen molar-refractivity contribution >= 4 is 22.8 Å². The van der Waals surface area contributed by atoms with Crippen LogP contribution in [0.25, 0.3) is 10.9 Å². The van der Waals surface area contributed by atoms with Gasteiger partial charge in [-0.1, -0.05) is 31.5 Å². The predicted molar refractivity (Wildman–Crippen MR) is 109 cm³/mol. The van der Waals surface area contributed by atoms with Crippen LogP contribution >= 0.6 is 0 Å². The fraction of sp³-hybridized carbons (Fsp3) is 0.500. The highest BCUT2D eigenvalue weighted by atomic mass is 16.2. The second-order valence-corrected chi connectivity index (χ2v) is 6.72. The second kappa shape index (κ2) is 9.85. The van der Waals surface area contributed by atoms with Crippen LogP contribution < -0.4 is 10.6 Å². The van der Waals surface area contributed by atoms with E-state index in [2.05, 4.69) is 58.9 Å². The molecule has 0 bridgehead atoms. The van der Waals surface area contributed by atoms with Crippen molar-refractivity contribution in [3.05, 3.63) is 35.5 Å². The summed E-state index contributed by atoms with van der Waals surface area (Å²) in [5.74, 6) is 0.693. The number of carbonyl (C=O) groups excluding carboxylic acids is 1. The lowest BCUT2D eigenvalue weighted by molar-refractivity contribution is -0.127. The van der Waals surface area contributed by atoms with E-state index in [1.54, 1.807) is 19.0 Å². The molecule has 0 aliphatic rings. The van der Waals surface area contributed by atoms with Gasteiger partial charge in [0.15, 0.2) is 5.96 Å². The van der Waals surface area contributed by atoms with Crippen LogP contribution in [0.2, 0.25) is 0 Å². The molecule has 3 N–H and O–H groups in total. The van der Waals surface area contributed by atoms with Crippen molar-refractivity contribution < 1.29 is 4.79 Å². The summed E-state index contributed by atoms with van der Waals surface area (Å²) >= 11 is 0. The summed E-state index contributed by atoms with van der Waals surface area (Å²) < 4.78 is 0. The van der Waals surface area contributed by atoms with Gasteiger partial charge in [0.25, 0.3) is 0 Å². The highest BCUT2D eigenvalue weighted by Crippen LogP contribution is 2.21. The van der Waals surface area contributed by atoms with E-state index in [4.69, 9.17) is 0 Å². The summed E-state index contributed by atoms with van der Waals surface area (Å²) in [4.78, 5) is 21.1. The van der Waals surface area contributed by atoms with Crippen molar-refractivity contribution in [1.82, 2.24) is 20.5 Å². The average Bonchev–Trinajstić information content (AvgIpc) is 3.03. The summed E-state index contributed by atoms with van der Waals surface area (Å²) in [6.45, 7) is 6.03. The molecule has 1 aromatic carbocycles. The van der Waals surface area contributed by atoms with Gasteiger partial charge in [-0.2, -0.15) is 0 Å². The number of aromatic amines is 1. The molecule has 6 nitrogen and oxygen atoms in total. The lowest BCUT2D eigenvalue weighted by Crippen LogP contribution is -2.39. The second-order valence-electron chi connectivity index (χ2n) is 6.72. The van der Waals surface area contributed by atoms with Gasteiger partial charge >= 0.3 is 0 Å². The van der Waals surface area contributed by atoms with Gasteiger partial charge in [0.1, 0.15) is 6.54 Å². The smallest absolute Gasteiger partial charge is 0.243 e. The first-order valence-corrected chi connectivity index (χ1v) is 9.30. The minimum Gasteiger partial charge on any atom is -0.361 e. The average molecular weight is 358 g/mol. The van der Waals surface area contributed by atoms with Crippen LogP contribution in [-0.2, 0) is 11.2 Å². The summed E-state index contributed by atoms with van der Waals surface area (Å²) in [5.41, 5.74) is 3.75. The van der Waals surface area contributed by atoms with E-state index in [-0.39, 0.29) is 12.5 Å². The highest BCUT2D eigenvalue weighted by Gasteiger charge is 2.07. The van der Waals surface area contributed by atoms with Crippen molar-refractivity contribution in [2.75, 3.05) is 33.7 Å². The minimum absolute atomic E-state index is 0.00584. The maximum Gasteiger partial charge on any atom is 0.243 e. The molecular weight excluding hydrogens is 326 g/mol. The molecule has 0 unspecified atom stereocenters. The number of hydrogen-bond acceptors (Lipinski definition) is 2. The van der Waals surface area contributed by atoms with Gasteiger partial charge in [-0.25, -0.2) is 4.99 Å². The third-order valence-corrected chi connectivity index (χ3v) is 4.39. The molecule has 0 aliphatic carbocycles. The van der Waals surface area contributed by atoms with Gasteiger partial charge < -0.3 is 20.5 Å². The van der Waals surface area contributed by atoms with Crippen LogP contribution in [0.3, 0.4) is 0 Å². The molecule has 0 aliphatic heterocycles. The Morgan fingerprint density at radius 3 is 2.73 bits per heavy atom. The van der Waals surface area contributed by atoms with Crippen LogP contribution in [0, 0.1) is 6.92 Å². The number of rotatable bonds is 8. The number of aryl methyl sites for hydroxylation is 1. The van der Waals surface area contributed by atoms with E-state index in [1.807, 2.05) is 0 Å². The summed E-state index contributed by atoms with van der Waals surface area (Å²) in [5, 5.41) is 7.92. The number of nitrogens with one attached hydrogen (secondary N) is 3. The van der Waals surface area contributed by atoms with Crippen LogP contribution in [-0.4, -0.2) is 55.5 Å². The molecule has 2 aromatic rings. The zero-order valence-corrected chi connectivity index (χ0v) is 16.4. The van der Waals surface area contributed by atoms with Crippen molar-refractivity contribution in [3.8, 4) is 0 Å². The Kier molecular flexibility index (Phi) is 7.51. The van der Waals surface area contributed by atoms with Gasteiger partial charge in [-0.15, -0.1) is 0 Å². The van der Waals surface area contributed by atoms with E-state index in [9.17, 15) is 4.79 Å². The Morgan fingerprint density at radius 2 is 2.00 bits per heavy atom. The third kappa shape index (κ3) is 5.51. The number of unbranched alkanes of at least 4 members (excludes halogenated alkanes) is 1. The van der Waals surface area contributed by atoms with Gasteiger partial charge in [-0.05, 0) is 30.9 Å². The molecule has 0 spiro atoms. The molecule has 0 atom stereocenters. The van der Waals surface area contributed by atoms with Gasteiger partial charge in [0, 0.05) is 44.3 Å². The van der Waals surface area contributed by atoms with E-state index < -0.39 is 0 Å². The number of fused-ring (bicyclic) bond motifs is 1. The van der Waals surface area contributed by atoms with Crippen LogP contribution in [0.4, 0.5) is 0 Å². The number of H-pyrrole nitrogens is 1. The number of likely N-dealkylation sites (N-methyl/N-ethyl adjacent to an activating group) is 1. The Bertz CT molecular complexity index is 748. The summed E-state index contributed by atoms with van der Waals surface area (Å²) in [6, 6.07) is 6.36. The van der Waals surface area contributed by atoms with E-state index in [0.717, 1.165) is 32.4 Å². The zero-order chi connectivity index (χ0) is 18.9. The Morgan fingerprint density at radius 1 is 1.23 bits per heavy atom. The van der Waals surface area contributed by atoms with Crippen molar-refractivity contribution in [3.63, 3.8) is 0 Å². The number of para-hydroxylation sites is 1. The number of nitrogens with zero attached hydrogens (tertiary/aromatic N) is 2. The number of aliphatic imine (C=N–C) groups is 1. The summed E-state index contributed by atoms with van der Waals surface area (Å²) in [6.07, 6.45) is 5.16.